The topological polar surface area (TPSA) is 74.0 Å². The van der Waals surface area contributed by atoms with Crippen LogP contribution in [-0.4, -0.2) is 44.3 Å². The molecule has 1 aromatic carbocycles. The lowest BCUT2D eigenvalue weighted by molar-refractivity contribution is -0.130. The van der Waals surface area contributed by atoms with Crippen molar-refractivity contribution in [2.24, 2.45) is 5.73 Å². The molecule has 0 spiro atoms. The summed E-state index contributed by atoms with van der Waals surface area (Å²) in [6.45, 7) is 2.23. The number of amides is 1. The third-order valence-corrected chi connectivity index (χ3v) is 3.41. The molecule has 1 aliphatic rings. The highest BCUT2D eigenvalue weighted by Crippen LogP contribution is 2.38. The fraction of sp³-hybridized carbons (Fsp3) is 0.533. The molecule has 1 atom stereocenters. The van der Waals surface area contributed by atoms with Gasteiger partial charge in [-0.2, -0.15) is 0 Å². The van der Waals surface area contributed by atoms with Gasteiger partial charge >= 0.3 is 0 Å². The van der Waals surface area contributed by atoms with Crippen molar-refractivity contribution in [2.75, 3.05) is 27.5 Å². The molecule has 0 saturated heterocycles. The third kappa shape index (κ3) is 3.78. The molecule has 116 valence electrons. The molecule has 21 heavy (non-hydrogen) atoms. The van der Waals surface area contributed by atoms with Crippen molar-refractivity contribution < 1.29 is 19.0 Å². The molecule has 0 radical (unpaired) electrons. The maximum absolute atomic E-state index is 11.7. The first-order valence-electron chi connectivity index (χ1n) is 7.02. The normalized spacial score (nSPS) is 13.9. The van der Waals surface area contributed by atoms with Gasteiger partial charge in [0, 0.05) is 26.2 Å². The maximum atomic E-state index is 11.7. The smallest absolute Gasteiger partial charge is 0.259 e. The highest BCUT2D eigenvalue weighted by molar-refractivity contribution is 5.77. The van der Waals surface area contributed by atoms with Crippen LogP contribution in [0.2, 0.25) is 0 Å². The summed E-state index contributed by atoms with van der Waals surface area (Å²) in [5.74, 6) is 1.85. The van der Waals surface area contributed by atoms with Gasteiger partial charge in [-0.3, -0.25) is 4.79 Å². The van der Waals surface area contributed by atoms with Gasteiger partial charge in [-0.25, -0.2) is 0 Å². The van der Waals surface area contributed by atoms with Crippen molar-refractivity contribution in [3.63, 3.8) is 0 Å². The van der Waals surface area contributed by atoms with Crippen molar-refractivity contribution in [3.05, 3.63) is 17.7 Å². The Hall–Kier alpha value is -1.95. The molecule has 1 heterocycles. The average molecular weight is 294 g/mol. The van der Waals surface area contributed by atoms with E-state index in [1.165, 1.54) is 4.90 Å². The number of hydrogen-bond acceptors (Lipinski definition) is 5. The van der Waals surface area contributed by atoms with E-state index in [1.54, 1.807) is 20.2 Å². The van der Waals surface area contributed by atoms with Crippen LogP contribution < -0.4 is 19.9 Å². The van der Waals surface area contributed by atoms with Crippen molar-refractivity contribution in [3.8, 4) is 17.2 Å². The molecule has 1 aliphatic heterocycles. The minimum Gasteiger partial charge on any atom is -0.483 e. The minimum absolute atomic E-state index is 0.0129. The maximum Gasteiger partial charge on any atom is 0.259 e. The van der Waals surface area contributed by atoms with Gasteiger partial charge < -0.3 is 24.8 Å². The minimum atomic E-state index is -0.0987. The zero-order valence-electron chi connectivity index (χ0n) is 12.7. The zero-order chi connectivity index (χ0) is 15.4. The summed E-state index contributed by atoms with van der Waals surface area (Å²) >= 11 is 0. The van der Waals surface area contributed by atoms with Gasteiger partial charge in [0.2, 0.25) is 6.79 Å². The predicted molar refractivity (Wildman–Crippen MR) is 78.7 cm³/mol. The lowest BCUT2D eigenvalue weighted by atomic mass is 10.0. The van der Waals surface area contributed by atoms with E-state index in [2.05, 4.69) is 0 Å². The Morgan fingerprint density at radius 1 is 1.38 bits per heavy atom. The summed E-state index contributed by atoms with van der Waals surface area (Å²) in [6, 6.07) is 3.69. The molecule has 6 nitrogen and oxygen atoms in total. The average Bonchev–Trinajstić information content (AvgIpc) is 2.91. The second-order valence-electron chi connectivity index (χ2n) is 5.26. The Balaban J connectivity index is 2.18. The van der Waals surface area contributed by atoms with Gasteiger partial charge in [-0.1, -0.05) is 6.92 Å². The number of carbonyl (C=O) groups is 1. The van der Waals surface area contributed by atoms with Crippen molar-refractivity contribution in [2.45, 2.75) is 25.8 Å². The number of likely N-dealkylation sites (N-methyl/N-ethyl adjacent to an activating group) is 1. The van der Waals surface area contributed by atoms with Gasteiger partial charge in [0.25, 0.3) is 5.91 Å². The molecule has 0 fully saturated rings. The van der Waals surface area contributed by atoms with Crippen LogP contribution in [0.1, 0.15) is 18.9 Å². The lowest BCUT2D eigenvalue weighted by Crippen LogP contribution is -2.28. The van der Waals surface area contributed by atoms with Crippen LogP contribution >= 0.6 is 0 Å². The first-order valence-corrected chi connectivity index (χ1v) is 7.02. The van der Waals surface area contributed by atoms with Crippen LogP contribution in [-0.2, 0) is 11.2 Å². The molecule has 1 amide bonds. The van der Waals surface area contributed by atoms with E-state index < -0.39 is 0 Å². The van der Waals surface area contributed by atoms with Gasteiger partial charge in [-0.15, -0.1) is 0 Å². The molecule has 1 aromatic rings. The van der Waals surface area contributed by atoms with E-state index in [0.717, 1.165) is 12.0 Å². The Labute approximate surface area is 124 Å². The molecule has 2 rings (SSSR count). The number of carbonyl (C=O) groups excluding carboxylic acids is 1. The third-order valence-electron chi connectivity index (χ3n) is 3.41. The van der Waals surface area contributed by atoms with Crippen LogP contribution in [0.5, 0.6) is 17.2 Å². The largest absolute Gasteiger partial charge is 0.483 e. The summed E-state index contributed by atoms with van der Waals surface area (Å²) < 4.78 is 16.4. The Bertz CT molecular complexity index is 517. The fourth-order valence-corrected chi connectivity index (χ4v) is 1.95. The quantitative estimate of drug-likeness (QED) is 0.852. The van der Waals surface area contributed by atoms with E-state index in [4.69, 9.17) is 19.9 Å². The first-order chi connectivity index (χ1) is 10.0. The standard InChI is InChI=1S/C15H22N2O4/c1-4-11(16)5-10-6-13-14(21-9-20-13)7-12(10)19-8-15(18)17(2)3/h6-7,11H,4-5,8-9,16H2,1-3H3. The number of nitrogens with zero attached hydrogens (tertiary/aromatic N) is 1. The first kappa shape index (κ1) is 15.4. The van der Waals surface area contributed by atoms with Gasteiger partial charge in [0.05, 0.1) is 0 Å². The molecule has 6 heteroatoms. The highest BCUT2D eigenvalue weighted by atomic mass is 16.7. The molecular formula is C15H22N2O4. The molecule has 0 aliphatic carbocycles. The summed E-state index contributed by atoms with van der Waals surface area (Å²) in [5, 5.41) is 0. The summed E-state index contributed by atoms with van der Waals surface area (Å²) in [7, 11) is 3.39. The van der Waals surface area contributed by atoms with Gasteiger partial charge in [-0.05, 0) is 24.5 Å². The Kier molecular flexibility index (Phi) is 4.90. The number of hydrogen-bond donors (Lipinski definition) is 1. The molecule has 2 N–H and O–H groups in total. The second-order valence-corrected chi connectivity index (χ2v) is 5.26. The monoisotopic (exact) mass is 294 g/mol. The molecule has 0 saturated carbocycles. The van der Waals surface area contributed by atoms with Gasteiger partial charge in [0.1, 0.15) is 5.75 Å². The number of nitrogens with two attached hydrogens (primary N) is 1. The summed E-state index contributed by atoms with van der Waals surface area (Å²) in [5.41, 5.74) is 6.95. The van der Waals surface area contributed by atoms with E-state index in [-0.39, 0.29) is 25.3 Å². The van der Waals surface area contributed by atoms with Crippen molar-refractivity contribution in [1.29, 1.82) is 0 Å². The summed E-state index contributed by atoms with van der Waals surface area (Å²) in [4.78, 5) is 13.2. The van der Waals surface area contributed by atoms with Crippen LogP contribution in [0.3, 0.4) is 0 Å². The summed E-state index contributed by atoms with van der Waals surface area (Å²) in [6.07, 6.45) is 1.53. The van der Waals surface area contributed by atoms with Crippen LogP contribution in [0, 0.1) is 0 Å². The van der Waals surface area contributed by atoms with Crippen molar-refractivity contribution in [1.82, 2.24) is 4.90 Å². The fourth-order valence-electron chi connectivity index (χ4n) is 1.95. The number of rotatable bonds is 6. The Morgan fingerprint density at radius 2 is 2.05 bits per heavy atom. The number of benzene rings is 1. The predicted octanol–water partition coefficient (Wildman–Crippen LogP) is 1.16. The molecule has 0 bridgehead atoms. The van der Waals surface area contributed by atoms with Crippen LogP contribution in [0.15, 0.2) is 12.1 Å². The number of ether oxygens (including phenoxy) is 3. The SMILES string of the molecule is CCC(N)Cc1cc2c(cc1OCC(=O)N(C)C)OCO2. The zero-order valence-corrected chi connectivity index (χ0v) is 12.7. The lowest BCUT2D eigenvalue weighted by Gasteiger charge is -2.16. The molecule has 0 aromatic heterocycles. The van der Waals surface area contributed by atoms with E-state index in [1.807, 2.05) is 13.0 Å². The van der Waals surface area contributed by atoms with E-state index in [0.29, 0.717) is 23.7 Å². The molecular weight excluding hydrogens is 272 g/mol. The van der Waals surface area contributed by atoms with E-state index in [9.17, 15) is 4.79 Å². The van der Waals surface area contributed by atoms with Gasteiger partial charge in [0.15, 0.2) is 18.1 Å². The highest BCUT2D eigenvalue weighted by Gasteiger charge is 2.20. The Morgan fingerprint density at radius 3 is 2.67 bits per heavy atom. The second kappa shape index (κ2) is 6.67. The van der Waals surface area contributed by atoms with Crippen LogP contribution in [0.25, 0.3) is 0 Å². The van der Waals surface area contributed by atoms with Crippen molar-refractivity contribution >= 4 is 5.91 Å². The van der Waals surface area contributed by atoms with Crippen LogP contribution in [0.4, 0.5) is 0 Å². The number of fused-ring (bicyclic) bond motifs is 1. The molecule has 1 unspecified atom stereocenters. The van der Waals surface area contributed by atoms with E-state index >= 15 is 0 Å².